The normalized spacial score (nSPS) is 15.5. The lowest BCUT2D eigenvalue weighted by Gasteiger charge is -2.29. The largest absolute Gasteiger partial charge is 0.492 e. The molecule has 0 atom stereocenters. The Morgan fingerprint density at radius 3 is 2.53 bits per heavy atom. The second-order valence-electron chi connectivity index (χ2n) is 8.23. The van der Waals surface area contributed by atoms with Gasteiger partial charge in [-0.3, -0.25) is 4.79 Å². The van der Waals surface area contributed by atoms with Crippen molar-refractivity contribution in [2.75, 3.05) is 26.2 Å². The quantitative estimate of drug-likeness (QED) is 0.549. The number of carbonyl (C=O) groups excluding carboxylic acids is 1. The number of benzene rings is 3. The van der Waals surface area contributed by atoms with E-state index in [0.717, 1.165) is 29.4 Å². The van der Waals surface area contributed by atoms with Crippen LogP contribution in [0.15, 0.2) is 71.6 Å². The second kappa shape index (κ2) is 9.71. The molecule has 1 aliphatic heterocycles. The highest BCUT2D eigenvalue weighted by Gasteiger charge is 2.28. The standard InChI is InChI=1S/C25H28N2O4S/c1-19-11-14-27(15-12-19)32(29,30)24-8-4-7-22(18-24)25(28)26-13-16-31-23-10-9-20-5-2-3-6-21(20)17-23/h2-10,17-19H,11-16H2,1H3,(H,26,28). The van der Waals surface area contributed by atoms with Crippen LogP contribution in [0.1, 0.15) is 30.1 Å². The van der Waals surface area contributed by atoms with Gasteiger partial charge in [0.15, 0.2) is 0 Å². The summed E-state index contributed by atoms with van der Waals surface area (Å²) in [6.07, 6.45) is 1.72. The van der Waals surface area contributed by atoms with E-state index in [1.807, 2.05) is 42.5 Å². The molecule has 3 aromatic carbocycles. The average molecular weight is 453 g/mol. The molecular weight excluding hydrogens is 424 g/mol. The van der Waals surface area contributed by atoms with Gasteiger partial charge in [0.05, 0.1) is 11.4 Å². The van der Waals surface area contributed by atoms with Crippen molar-refractivity contribution in [1.29, 1.82) is 0 Å². The Balaban J connectivity index is 1.33. The summed E-state index contributed by atoms with van der Waals surface area (Å²) in [6, 6.07) is 20.1. The van der Waals surface area contributed by atoms with Crippen LogP contribution in [0.2, 0.25) is 0 Å². The Labute approximate surface area is 189 Å². The summed E-state index contributed by atoms with van der Waals surface area (Å²) in [6.45, 7) is 3.80. The number of nitrogens with zero attached hydrogens (tertiary/aromatic N) is 1. The summed E-state index contributed by atoms with van der Waals surface area (Å²) in [4.78, 5) is 12.7. The molecule has 7 heteroatoms. The monoisotopic (exact) mass is 452 g/mol. The van der Waals surface area contributed by atoms with Crippen LogP contribution in [0.3, 0.4) is 0 Å². The fourth-order valence-corrected chi connectivity index (χ4v) is 5.38. The molecule has 1 amide bonds. The van der Waals surface area contributed by atoms with E-state index in [0.29, 0.717) is 37.7 Å². The Morgan fingerprint density at radius 1 is 1.00 bits per heavy atom. The fraction of sp³-hybridized carbons (Fsp3) is 0.320. The summed E-state index contributed by atoms with van der Waals surface area (Å²) >= 11 is 0. The average Bonchev–Trinajstić information content (AvgIpc) is 2.82. The molecule has 0 spiro atoms. The number of fused-ring (bicyclic) bond motifs is 1. The van der Waals surface area contributed by atoms with Crippen molar-refractivity contribution in [3.8, 4) is 5.75 Å². The smallest absolute Gasteiger partial charge is 0.251 e. The maximum absolute atomic E-state index is 13.0. The summed E-state index contributed by atoms with van der Waals surface area (Å²) in [7, 11) is -3.59. The number of amides is 1. The van der Waals surface area contributed by atoms with Gasteiger partial charge < -0.3 is 10.1 Å². The van der Waals surface area contributed by atoms with Crippen LogP contribution < -0.4 is 10.1 Å². The maximum atomic E-state index is 13.0. The third-order valence-electron chi connectivity index (χ3n) is 5.85. The summed E-state index contributed by atoms with van der Waals surface area (Å²) in [5.74, 6) is 0.953. The van der Waals surface area contributed by atoms with Crippen molar-refractivity contribution in [2.24, 2.45) is 5.92 Å². The topological polar surface area (TPSA) is 75.7 Å². The van der Waals surface area contributed by atoms with Crippen LogP contribution in [0.4, 0.5) is 0 Å². The number of nitrogens with one attached hydrogen (secondary N) is 1. The molecule has 0 saturated carbocycles. The highest BCUT2D eigenvalue weighted by Crippen LogP contribution is 2.24. The molecule has 1 aliphatic rings. The molecule has 1 saturated heterocycles. The van der Waals surface area contributed by atoms with Crippen molar-refractivity contribution >= 4 is 26.7 Å². The van der Waals surface area contributed by atoms with E-state index >= 15 is 0 Å². The van der Waals surface area contributed by atoms with E-state index in [9.17, 15) is 13.2 Å². The molecule has 0 bridgehead atoms. The first-order valence-corrected chi connectivity index (χ1v) is 12.4. The van der Waals surface area contributed by atoms with E-state index in [1.165, 1.54) is 10.4 Å². The van der Waals surface area contributed by atoms with Gasteiger partial charge in [-0.15, -0.1) is 0 Å². The van der Waals surface area contributed by atoms with E-state index in [1.54, 1.807) is 18.2 Å². The van der Waals surface area contributed by atoms with Gasteiger partial charge in [-0.1, -0.05) is 43.3 Å². The molecular formula is C25H28N2O4S. The first-order chi connectivity index (χ1) is 15.4. The zero-order chi connectivity index (χ0) is 22.6. The summed E-state index contributed by atoms with van der Waals surface area (Å²) < 4.78 is 33.2. The van der Waals surface area contributed by atoms with Crippen LogP contribution in [-0.2, 0) is 10.0 Å². The van der Waals surface area contributed by atoms with E-state index in [4.69, 9.17) is 4.74 Å². The minimum Gasteiger partial charge on any atom is -0.492 e. The zero-order valence-electron chi connectivity index (χ0n) is 18.2. The first kappa shape index (κ1) is 22.3. The van der Waals surface area contributed by atoms with Crippen molar-refractivity contribution in [2.45, 2.75) is 24.7 Å². The van der Waals surface area contributed by atoms with Crippen LogP contribution in [0.25, 0.3) is 10.8 Å². The van der Waals surface area contributed by atoms with Gasteiger partial charge in [-0.2, -0.15) is 4.31 Å². The predicted octanol–water partition coefficient (Wildman–Crippen LogP) is 4.07. The van der Waals surface area contributed by atoms with Gasteiger partial charge in [-0.05, 0) is 59.9 Å². The number of hydrogen-bond donors (Lipinski definition) is 1. The van der Waals surface area contributed by atoms with Gasteiger partial charge >= 0.3 is 0 Å². The van der Waals surface area contributed by atoms with Crippen molar-refractivity contribution in [3.63, 3.8) is 0 Å². The maximum Gasteiger partial charge on any atom is 0.251 e. The van der Waals surface area contributed by atoms with Crippen molar-refractivity contribution in [3.05, 3.63) is 72.3 Å². The lowest BCUT2D eigenvalue weighted by atomic mass is 10.0. The zero-order valence-corrected chi connectivity index (χ0v) is 19.0. The van der Waals surface area contributed by atoms with E-state index < -0.39 is 10.0 Å². The van der Waals surface area contributed by atoms with Gasteiger partial charge in [-0.25, -0.2) is 8.42 Å². The third kappa shape index (κ3) is 5.11. The molecule has 0 aromatic heterocycles. The van der Waals surface area contributed by atoms with Crippen molar-refractivity contribution < 1.29 is 17.9 Å². The molecule has 1 N–H and O–H groups in total. The Hall–Kier alpha value is -2.90. The lowest BCUT2D eigenvalue weighted by Crippen LogP contribution is -2.38. The minimum atomic E-state index is -3.59. The van der Waals surface area contributed by atoms with Gasteiger partial charge in [0.25, 0.3) is 5.91 Å². The van der Waals surface area contributed by atoms with Gasteiger partial charge in [0.2, 0.25) is 10.0 Å². The number of rotatable bonds is 7. The lowest BCUT2D eigenvalue weighted by molar-refractivity contribution is 0.0947. The van der Waals surface area contributed by atoms with Crippen LogP contribution >= 0.6 is 0 Å². The molecule has 1 fully saturated rings. The molecule has 0 unspecified atom stereocenters. The molecule has 0 radical (unpaired) electrons. The molecule has 0 aliphatic carbocycles. The van der Waals surface area contributed by atoms with E-state index in [-0.39, 0.29) is 10.8 Å². The Kier molecular flexibility index (Phi) is 6.77. The number of sulfonamides is 1. The Morgan fingerprint density at radius 2 is 1.75 bits per heavy atom. The molecule has 1 heterocycles. The predicted molar refractivity (Wildman–Crippen MR) is 125 cm³/mol. The van der Waals surface area contributed by atoms with Crippen molar-refractivity contribution in [1.82, 2.24) is 9.62 Å². The van der Waals surface area contributed by atoms with Gasteiger partial charge in [0, 0.05) is 18.7 Å². The highest BCUT2D eigenvalue weighted by atomic mass is 32.2. The third-order valence-corrected chi connectivity index (χ3v) is 7.75. The molecule has 32 heavy (non-hydrogen) atoms. The van der Waals surface area contributed by atoms with Crippen LogP contribution in [0.5, 0.6) is 5.75 Å². The SMILES string of the molecule is CC1CCN(S(=O)(=O)c2cccc(C(=O)NCCOc3ccc4ccccc4c3)c2)CC1. The number of carbonyl (C=O) groups is 1. The fourth-order valence-electron chi connectivity index (χ4n) is 3.86. The molecule has 3 aromatic rings. The van der Waals surface area contributed by atoms with E-state index in [2.05, 4.69) is 12.2 Å². The molecule has 6 nitrogen and oxygen atoms in total. The highest BCUT2D eigenvalue weighted by molar-refractivity contribution is 7.89. The van der Waals surface area contributed by atoms with Crippen LogP contribution in [-0.4, -0.2) is 44.9 Å². The molecule has 4 rings (SSSR count). The number of piperidine rings is 1. The van der Waals surface area contributed by atoms with Gasteiger partial charge in [0.1, 0.15) is 12.4 Å². The summed E-state index contributed by atoms with van der Waals surface area (Å²) in [5, 5.41) is 5.03. The first-order valence-electron chi connectivity index (χ1n) is 10.9. The number of hydrogen-bond acceptors (Lipinski definition) is 4. The Bertz CT molecular complexity index is 1200. The summed E-state index contributed by atoms with van der Waals surface area (Å²) in [5.41, 5.74) is 0.321. The molecule has 168 valence electrons. The second-order valence-corrected chi connectivity index (χ2v) is 10.2. The minimum absolute atomic E-state index is 0.159. The van der Waals surface area contributed by atoms with Crippen LogP contribution in [0, 0.1) is 5.92 Å². The number of ether oxygens (including phenoxy) is 1.